The van der Waals surface area contributed by atoms with Gasteiger partial charge >= 0.3 is 0 Å². The first-order chi connectivity index (χ1) is 7.18. The summed E-state index contributed by atoms with van der Waals surface area (Å²) in [4.78, 5) is 11.3. The molecule has 0 radical (unpaired) electrons. The van der Waals surface area contributed by atoms with E-state index in [2.05, 4.69) is 10.6 Å². The molecule has 88 valence electrons. The highest BCUT2D eigenvalue weighted by molar-refractivity contribution is 5.78. The molecule has 1 amide bonds. The summed E-state index contributed by atoms with van der Waals surface area (Å²) in [7, 11) is 0. The van der Waals surface area contributed by atoms with Crippen molar-refractivity contribution in [1.82, 2.24) is 10.6 Å². The molecule has 0 bridgehead atoms. The smallest absolute Gasteiger partial charge is 0.234 e. The van der Waals surface area contributed by atoms with E-state index < -0.39 is 0 Å². The number of nitrogens with one attached hydrogen (secondary N) is 2. The molecule has 1 heterocycles. The zero-order valence-corrected chi connectivity index (χ0v) is 9.71. The molecule has 2 N–H and O–H groups in total. The van der Waals surface area contributed by atoms with Gasteiger partial charge in [-0.2, -0.15) is 0 Å². The van der Waals surface area contributed by atoms with Gasteiger partial charge in [-0.1, -0.05) is 0 Å². The monoisotopic (exact) mass is 214 g/mol. The summed E-state index contributed by atoms with van der Waals surface area (Å²) < 4.78 is 5.36. The molecule has 1 fully saturated rings. The fourth-order valence-corrected chi connectivity index (χ4v) is 1.73. The normalized spacial score (nSPS) is 21.7. The molecule has 1 atom stereocenters. The van der Waals surface area contributed by atoms with Crippen molar-refractivity contribution in [2.45, 2.75) is 32.7 Å². The summed E-state index contributed by atoms with van der Waals surface area (Å²) in [5, 5.41) is 6.02. The van der Waals surface area contributed by atoms with Gasteiger partial charge in [0.25, 0.3) is 0 Å². The van der Waals surface area contributed by atoms with Crippen molar-refractivity contribution in [3.05, 3.63) is 0 Å². The van der Waals surface area contributed by atoms with Crippen molar-refractivity contribution in [3.8, 4) is 0 Å². The summed E-state index contributed by atoms with van der Waals surface area (Å²) in [5.74, 6) is 0.646. The minimum absolute atomic E-state index is 0.0710. The Morgan fingerprint density at radius 1 is 1.53 bits per heavy atom. The molecule has 0 aliphatic carbocycles. The molecule has 1 aliphatic heterocycles. The number of ether oxygens (including phenoxy) is 1. The van der Waals surface area contributed by atoms with Crippen molar-refractivity contribution in [2.75, 3.05) is 26.3 Å². The van der Waals surface area contributed by atoms with Crippen molar-refractivity contribution in [2.24, 2.45) is 5.92 Å². The molecule has 0 saturated carbocycles. The van der Waals surface area contributed by atoms with E-state index >= 15 is 0 Å². The summed E-state index contributed by atoms with van der Waals surface area (Å²) >= 11 is 0. The van der Waals surface area contributed by atoms with E-state index in [9.17, 15) is 4.79 Å². The molecule has 1 unspecified atom stereocenters. The van der Waals surface area contributed by atoms with Gasteiger partial charge in [0.2, 0.25) is 5.91 Å². The van der Waals surface area contributed by atoms with Crippen LogP contribution in [0.5, 0.6) is 0 Å². The molecule has 4 heteroatoms. The Hall–Kier alpha value is -0.610. The fourth-order valence-electron chi connectivity index (χ4n) is 1.73. The Kier molecular flexibility index (Phi) is 5.65. The minimum Gasteiger partial charge on any atom is -0.381 e. The minimum atomic E-state index is 0.0710. The number of rotatable bonds is 5. The van der Waals surface area contributed by atoms with Crippen LogP contribution in [-0.4, -0.2) is 38.3 Å². The first-order valence-corrected chi connectivity index (χ1v) is 5.76. The predicted octanol–water partition coefficient (Wildman–Crippen LogP) is 0.527. The standard InChI is InChI=1S/C11H22N2O2/c1-9(2)13-11(14)7-12-6-10-4-3-5-15-8-10/h9-10,12H,3-8H2,1-2H3,(H,13,14). The maximum absolute atomic E-state index is 11.3. The van der Waals surface area contributed by atoms with Gasteiger partial charge in [0.1, 0.15) is 0 Å². The zero-order chi connectivity index (χ0) is 11.1. The fraction of sp³-hybridized carbons (Fsp3) is 0.909. The van der Waals surface area contributed by atoms with Gasteiger partial charge in [-0.3, -0.25) is 4.79 Å². The van der Waals surface area contributed by atoms with Crippen LogP contribution >= 0.6 is 0 Å². The molecule has 0 spiro atoms. The second kappa shape index (κ2) is 6.80. The average molecular weight is 214 g/mol. The topological polar surface area (TPSA) is 50.4 Å². The SMILES string of the molecule is CC(C)NC(=O)CNCC1CCCOC1. The second-order valence-electron chi connectivity index (χ2n) is 4.44. The number of carbonyl (C=O) groups excluding carboxylic acids is 1. The van der Waals surface area contributed by atoms with Crippen molar-refractivity contribution >= 4 is 5.91 Å². The van der Waals surface area contributed by atoms with Crippen LogP contribution < -0.4 is 10.6 Å². The molecule has 15 heavy (non-hydrogen) atoms. The Labute approximate surface area is 91.8 Å². The van der Waals surface area contributed by atoms with E-state index in [0.29, 0.717) is 12.5 Å². The van der Waals surface area contributed by atoms with Gasteiger partial charge in [0, 0.05) is 19.2 Å². The lowest BCUT2D eigenvalue weighted by Crippen LogP contribution is -2.40. The Morgan fingerprint density at radius 2 is 2.33 bits per heavy atom. The maximum Gasteiger partial charge on any atom is 0.234 e. The first-order valence-electron chi connectivity index (χ1n) is 5.76. The van der Waals surface area contributed by atoms with Crippen LogP contribution in [0.4, 0.5) is 0 Å². The van der Waals surface area contributed by atoms with Gasteiger partial charge in [-0.05, 0) is 32.6 Å². The maximum atomic E-state index is 11.3. The molecule has 0 aromatic heterocycles. The van der Waals surface area contributed by atoms with Gasteiger partial charge < -0.3 is 15.4 Å². The second-order valence-corrected chi connectivity index (χ2v) is 4.44. The summed E-state index contributed by atoms with van der Waals surface area (Å²) in [5.41, 5.74) is 0. The predicted molar refractivity (Wildman–Crippen MR) is 59.7 cm³/mol. The molecule has 1 aliphatic rings. The molecule has 1 rings (SSSR count). The van der Waals surface area contributed by atoms with E-state index in [4.69, 9.17) is 4.74 Å². The van der Waals surface area contributed by atoms with E-state index in [0.717, 1.165) is 26.2 Å². The zero-order valence-electron chi connectivity index (χ0n) is 9.71. The lowest BCUT2D eigenvalue weighted by Gasteiger charge is -2.22. The van der Waals surface area contributed by atoms with Crippen LogP contribution in [0.3, 0.4) is 0 Å². The number of amides is 1. The third kappa shape index (κ3) is 5.74. The summed E-state index contributed by atoms with van der Waals surface area (Å²) in [6.45, 7) is 6.95. The number of carbonyl (C=O) groups is 1. The van der Waals surface area contributed by atoms with Gasteiger partial charge in [0.05, 0.1) is 13.2 Å². The van der Waals surface area contributed by atoms with Crippen molar-refractivity contribution in [3.63, 3.8) is 0 Å². The highest BCUT2D eigenvalue weighted by Crippen LogP contribution is 2.11. The highest BCUT2D eigenvalue weighted by Gasteiger charge is 2.13. The Bertz CT molecular complexity index is 189. The lowest BCUT2D eigenvalue weighted by molar-refractivity contribution is -0.120. The molecule has 1 saturated heterocycles. The third-order valence-corrected chi connectivity index (χ3v) is 2.42. The highest BCUT2D eigenvalue weighted by atomic mass is 16.5. The molecule has 4 nitrogen and oxygen atoms in total. The lowest BCUT2D eigenvalue weighted by atomic mass is 10.0. The van der Waals surface area contributed by atoms with Crippen LogP contribution in [0.25, 0.3) is 0 Å². The number of hydrogen-bond acceptors (Lipinski definition) is 3. The van der Waals surface area contributed by atoms with Crippen molar-refractivity contribution in [1.29, 1.82) is 0 Å². The quantitative estimate of drug-likeness (QED) is 0.702. The van der Waals surface area contributed by atoms with E-state index in [1.54, 1.807) is 0 Å². The molecule has 0 aromatic carbocycles. The first kappa shape index (κ1) is 12.5. The Morgan fingerprint density at radius 3 is 2.93 bits per heavy atom. The van der Waals surface area contributed by atoms with Crippen LogP contribution in [0.1, 0.15) is 26.7 Å². The summed E-state index contributed by atoms with van der Waals surface area (Å²) in [6.07, 6.45) is 2.35. The number of hydrogen-bond donors (Lipinski definition) is 2. The third-order valence-electron chi connectivity index (χ3n) is 2.42. The van der Waals surface area contributed by atoms with Crippen LogP contribution in [-0.2, 0) is 9.53 Å². The van der Waals surface area contributed by atoms with E-state index in [1.165, 1.54) is 6.42 Å². The molecular formula is C11H22N2O2. The molecular weight excluding hydrogens is 192 g/mol. The van der Waals surface area contributed by atoms with Gasteiger partial charge in [-0.15, -0.1) is 0 Å². The van der Waals surface area contributed by atoms with Crippen LogP contribution in [0.2, 0.25) is 0 Å². The van der Waals surface area contributed by atoms with Crippen LogP contribution in [0.15, 0.2) is 0 Å². The largest absolute Gasteiger partial charge is 0.381 e. The van der Waals surface area contributed by atoms with Gasteiger partial charge in [-0.25, -0.2) is 0 Å². The summed E-state index contributed by atoms with van der Waals surface area (Å²) in [6, 6.07) is 0.220. The van der Waals surface area contributed by atoms with E-state index in [1.807, 2.05) is 13.8 Å². The Balaban J connectivity index is 2.02. The van der Waals surface area contributed by atoms with Gasteiger partial charge in [0.15, 0.2) is 0 Å². The van der Waals surface area contributed by atoms with Crippen molar-refractivity contribution < 1.29 is 9.53 Å². The average Bonchev–Trinajstić information content (AvgIpc) is 2.18. The van der Waals surface area contributed by atoms with Crippen LogP contribution in [0, 0.1) is 5.92 Å². The molecule has 0 aromatic rings. The van der Waals surface area contributed by atoms with E-state index in [-0.39, 0.29) is 11.9 Å².